The maximum Gasteiger partial charge on any atom is 0.225 e. The van der Waals surface area contributed by atoms with Crippen LogP contribution in [0.1, 0.15) is 25.7 Å². The second-order valence-corrected chi connectivity index (χ2v) is 5.96. The van der Waals surface area contributed by atoms with Gasteiger partial charge in [0.05, 0.1) is 6.61 Å². The number of rotatable bonds is 6. The van der Waals surface area contributed by atoms with E-state index in [-0.39, 0.29) is 6.61 Å². The molecule has 0 bridgehead atoms. The van der Waals surface area contributed by atoms with Gasteiger partial charge < -0.3 is 20.6 Å². The Balaban J connectivity index is 1.48. The second-order valence-electron chi connectivity index (χ2n) is 5.96. The lowest BCUT2D eigenvalue weighted by atomic mass is 10.0. The van der Waals surface area contributed by atoms with Gasteiger partial charge in [-0.15, -0.1) is 0 Å². The number of piperidine rings is 1. The monoisotopic (exact) mass is 305 g/mol. The van der Waals surface area contributed by atoms with Crippen LogP contribution in [-0.2, 0) is 4.79 Å². The fourth-order valence-electron chi connectivity index (χ4n) is 2.76. The summed E-state index contributed by atoms with van der Waals surface area (Å²) in [6, 6.07) is 2.18. The van der Waals surface area contributed by atoms with Crippen molar-refractivity contribution in [1.82, 2.24) is 14.9 Å². The van der Waals surface area contributed by atoms with Gasteiger partial charge in [0.1, 0.15) is 18.0 Å². The third-order valence-corrected chi connectivity index (χ3v) is 4.17. The number of nitrogens with one attached hydrogen (secondary N) is 2. The van der Waals surface area contributed by atoms with E-state index in [1.54, 1.807) is 0 Å². The maximum atomic E-state index is 12.0. The zero-order chi connectivity index (χ0) is 15.4. The molecule has 1 saturated heterocycles. The molecule has 0 unspecified atom stereocenters. The van der Waals surface area contributed by atoms with Gasteiger partial charge in [0.15, 0.2) is 0 Å². The van der Waals surface area contributed by atoms with Crippen molar-refractivity contribution < 1.29 is 9.90 Å². The molecule has 7 nitrogen and oxygen atoms in total. The number of carbonyl (C=O) groups excluding carboxylic acids is 1. The van der Waals surface area contributed by atoms with Crippen molar-refractivity contribution in [3.05, 3.63) is 12.4 Å². The van der Waals surface area contributed by atoms with E-state index in [4.69, 9.17) is 5.11 Å². The number of hydrogen-bond acceptors (Lipinski definition) is 6. The van der Waals surface area contributed by atoms with Crippen LogP contribution in [0.15, 0.2) is 12.4 Å². The molecule has 1 saturated carbocycles. The molecule has 3 N–H and O–H groups in total. The first-order valence-electron chi connectivity index (χ1n) is 7.98. The quantitative estimate of drug-likeness (QED) is 0.716. The Labute approximate surface area is 130 Å². The highest BCUT2D eigenvalue weighted by Gasteiger charge is 2.34. The molecular weight excluding hydrogens is 282 g/mol. The standard InChI is InChI=1S/C15H23N5O2/c21-8-5-16-13-9-14(18-10-17-13)19-12-3-6-20(7-4-12)15(22)11-1-2-11/h9-12,21H,1-8H2,(H2,16,17,18,19). The highest BCUT2D eigenvalue weighted by molar-refractivity contribution is 5.81. The van der Waals surface area contributed by atoms with E-state index < -0.39 is 0 Å². The normalized spacial score (nSPS) is 19.0. The second kappa shape index (κ2) is 6.91. The molecule has 0 spiro atoms. The third kappa shape index (κ3) is 3.85. The zero-order valence-electron chi connectivity index (χ0n) is 12.7. The van der Waals surface area contributed by atoms with Crippen molar-refractivity contribution in [1.29, 1.82) is 0 Å². The first kappa shape index (κ1) is 15.0. The van der Waals surface area contributed by atoms with Crippen molar-refractivity contribution in [3.63, 3.8) is 0 Å². The lowest BCUT2D eigenvalue weighted by molar-refractivity contribution is -0.133. The lowest BCUT2D eigenvalue weighted by Crippen LogP contribution is -2.43. The average molecular weight is 305 g/mol. The van der Waals surface area contributed by atoms with Gasteiger partial charge >= 0.3 is 0 Å². The molecule has 2 fully saturated rings. The number of likely N-dealkylation sites (tertiary alicyclic amines) is 1. The Morgan fingerprint density at radius 3 is 2.64 bits per heavy atom. The number of aliphatic hydroxyl groups excluding tert-OH is 1. The van der Waals surface area contributed by atoms with Crippen LogP contribution in [0.5, 0.6) is 0 Å². The van der Waals surface area contributed by atoms with Crippen LogP contribution in [0.2, 0.25) is 0 Å². The number of amides is 1. The summed E-state index contributed by atoms with van der Waals surface area (Å²) >= 11 is 0. The van der Waals surface area contributed by atoms with Crippen molar-refractivity contribution in [2.24, 2.45) is 5.92 Å². The number of anilines is 2. The summed E-state index contributed by atoms with van der Waals surface area (Å²) in [6.07, 6.45) is 5.54. The summed E-state index contributed by atoms with van der Waals surface area (Å²) in [6.45, 7) is 2.19. The topological polar surface area (TPSA) is 90.4 Å². The molecule has 0 aromatic carbocycles. The number of aromatic nitrogens is 2. The van der Waals surface area contributed by atoms with Crippen molar-refractivity contribution >= 4 is 17.5 Å². The number of aliphatic hydroxyl groups is 1. The van der Waals surface area contributed by atoms with E-state index in [1.165, 1.54) is 6.33 Å². The molecule has 120 valence electrons. The van der Waals surface area contributed by atoms with Gasteiger partial charge in [0, 0.05) is 37.7 Å². The van der Waals surface area contributed by atoms with Crippen LogP contribution < -0.4 is 10.6 Å². The molecule has 2 heterocycles. The summed E-state index contributed by atoms with van der Waals surface area (Å²) in [4.78, 5) is 22.4. The van der Waals surface area contributed by atoms with Crippen molar-refractivity contribution in [3.8, 4) is 0 Å². The SMILES string of the molecule is O=C(C1CC1)N1CCC(Nc2cc(NCCO)ncn2)CC1. The first-order valence-corrected chi connectivity index (χ1v) is 7.98. The lowest BCUT2D eigenvalue weighted by Gasteiger charge is -2.32. The summed E-state index contributed by atoms with van der Waals surface area (Å²) in [7, 11) is 0. The van der Waals surface area contributed by atoms with Gasteiger partial charge in [-0.3, -0.25) is 4.79 Å². The molecule has 22 heavy (non-hydrogen) atoms. The molecule has 1 aliphatic heterocycles. The van der Waals surface area contributed by atoms with Crippen LogP contribution >= 0.6 is 0 Å². The van der Waals surface area contributed by atoms with E-state index in [2.05, 4.69) is 20.6 Å². The molecule has 2 aliphatic rings. The van der Waals surface area contributed by atoms with E-state index in [9.17, 15) is 4.79 Å². The molecule has 0 atom stereocenters. The highest BCUT2D eigenvalue weighted by Crippen LogP contribution is 2.32. The van der Waals surface area contributed by atoms with E-state index in [1.807, 2.05) is 11.0 Å². The van der Waals surface area contributed by atoms with Gasteiger partial charge in [-0.2, -0.15) is 0 Å². The van der Waals surface area contributed by atoms with E-state index >= 15 is 0 Å². The number of nitrogens with zero attached hydrogens (tertiary/aromatic N) is 3. The van der Waals surface area contributed by atoms with Gasteiger partial charge in [-0.05, 0) is 25.7 Å². The predicted molar refractivity (Wildman–Crippen MR) is 83.6 cm³/mol. The third-order valence-electron chi connectivity index (χ3n) is 4.17. The van der Waals surface area contributed by atoms with Crippen LogP contribution in [0, 0.1) is 5.92 Å². The Kier molecular flexibility index (Phi) is 4.72. The van der Waals surface area contributed by atoms with Crippen LogP contribution in [0.3, 0.4) is 0 Å². The Bertz CT molecular complexity index is 512. The summed E-state index contributed by atoms with van der Waals surface area (Å²) < 4.78 is 0. The van der Waals surface area contributed by atoms with Gasteiger partial charge in [0.25, 0.3) is 0 Å². The minimum absolute atomic E-state index is 0.0697. The molecule has 3 rings (SSSR count). The molecular formula is C15H23N5O2. The summed E-state index contributed by atoms with van der Waals surface area (Å²) in [5.74, 6) is 2.14. The van der Waals surface area contributed by atoms with E-state index in [0.29, 0.717) is 30.2 Å². The van der Waals surface area contributed by atoms with Crippen LogP contribution in [0.25, 0.3) is 0 Å². The van der Waals surface area contributed by atoms with Gasteiger partial charge in [-0.1, -0.05) is 0 Å². The van der Waals surface area contributed by atoms with E-state index in [0.717, 1.165) is 44.6 Å². The average Bonchev–Trinajstić information content (AvgIpc) is 3.38. The molecule has 1 aromatic heterocycles. The largest absolute Gasteiger partial charge is 0.395 e. The zero-order valence-corrected chi connectivity index (χ0v) is 12.7. The summed E-state index contributed by atoms with van der Waals surface area (Å²) in [5.41, 5.74) is 0. The minimum Gasteiger partial charge on any atom is -0.395 e. The fraction of sp³-hybridized carbons (Fsp3) is 0.667. The number of hydrogen-bond donors (Lipinski definition) is 3. The van der Waals surface area contributed by atoms with Crippen molar-refractivity contribution in [2.75, 3.05) is 36.9 Å². The van der Waals surface area contributed by atoms with Crippen molar-refractivity contribution in [2.45, 2.75) is 31.7 Å². The van der Waals surface area contributed by atoms with Gasteiger partial charge in [-0.25, -0.2) is 9.97 Å². The first-order chi connectivity index (χ1) is 10.8. The fourth-order valence-corrected chi connectivity index (χ4v) is 2.76. The molecule has 0 radical (unpaired) electrons. The number of carbonyl (C=O) groups is 1. The molecule has 1 amide bonds. The Morgan fingerprint density at radius 2 is 1.95 bits per heavy atom. The molecule has 7 heteroatoms. The maximum absolute atomic E-state index is 12.0. The highest BCUT2D eigenvalue weighted by atomic mass is 16.3. The smallest absolute Gasteiger partial charge is 0.225 e. The minimum atomic E-state index is 0.0697. The molecule has 1 aliphatic carbocycles. The molecule has 1 aromatic rings. The van der Waals surface area contributed by atoms with Crippen LogP contribution in [0.4, 0.5) is 11.6 Å². The Morgan fingerprint density at radius 1 is 1.23 bits per heavy atom. The Hall–Kier alpha value is -1.89. The van der Waals surface area contributed by atoms with Gasteiger partial charge in [0.2, 0.25) is 5.91 Å². The summed E-state index contributed by atoms with van der Waals surface area (Å²) in [5, 5.41) is 15.2. The predicted octanol–water partition coefficient (Wildman–Crippen LogP) is 0.694. The van der Waals surface area contributed by atoms with Crippen LogP contribution in [-0.4, -0.2) is 58.2 Å².